The lowest BCUT2D eigenvalue weighted by molar-refractivity contribution is -0.137. The number of aryl methyl sites for hydroxylation is 1. The largest absolute Gasteiger partial charge is 0.481 e. The predicted octanol–water partition coefficient (Wildman–Crippen LogP) is 1.36. The Morgan fingerprint density at radius 1 is 1.50 bits per heavy atom. The van der Waals surface area contributed by atoms with E-state index in [4.69, 9.17) is 5.11 Å². The Hall–Kier alpha value is -1.63. The first-order valence-corrected chi connectivity index (χ1v) is 6.44. The SMILES string of the molecule is Cc1ncc(CNC(=O)NCC(C)CC(=O)O)s1. The van der Waals surface area contributed by atoms with Crippen LogP contribution in [-0.2, 0) is 11.3 Å². The minimum absolute atomic E-state index is 0.0499. The molecule has 0 saturated heterocycles. The second-order valence-corrected chi connectivity index (χ2v) is 5.43. The Kier molecular flexibility index (Phi) is 5.57. The first-order valence-electron chi connectivity index (χ1n) is 5.62. The van der Waals surface area contributed by atoms with Crippen molar-refractivity contribution in [1.82, 2.24) is 15.6 Å². The summed E-state index contributed by atoms with van der Waals surface area (Å²) in [6.07, 6.45) is 1.78. The Labute approximate surface area is 109 Å². The van der Waals surface area contributed by atoms with Gasteiger partial charge in [-0.2, -0.15) is 0 Å². The number of hydrogen-bond donors (Lipinski definition) is 3. The van der Waals surface area contributed by atoms with Crippen LogP contribution in [0.4, 0.5) is 4.79 Å². The van der Waals surface area contributed by atoms with Crippen molar-refractivity contribution in [2.45, 2.75) is 26.8 Å². The van der Waals surface area contributed by atoms with E-state index in [-0.39, 0.29) is 18.4 Å². The molecule has 18 heavy (non-hydrogen) atoms. The van der Waals surface area contributed by atoms with Gasteiger partial charge >= 0.3 is 12.0 Å². The van der Waals surface area contributed by atoms with Crippen molar-refractivity contribution in [1.29, 1.82) is 0 Å². The lowest BCUT2D eigenvalue weighted by atomic mass is 10.1. The normalized spacial score (nSPS) is 11.9. The molecule has 0 spiro atoms. The molecule has 0 aliphatic heterocycles. The minimum atomic E-state index is -0.857. The zero-order valence-electron chi connectivity index (χ0n) is 10.4. The van der Waals surface area contributed by atoms with E-state index < -0.39 is 5.97 Å². The predicted molar refractivity (Wildman–Crippen MR) is 68.5 cm³/mol. The highest BCUT2D eigenvalue weighted by Gasteiger charge is 2.09. The molecule has 3 N–H and O–H groups in total. The quantitative estimate of drug-likeness (QED) is 0.728. The molecular weight excluding hydrogens is 254 g/mol. The molecule has 0 radical (unpaired) electrons. The fourth-order valence-corrected chi connectivity index (χ4v) is 2.09. The monoisotopic (exact) mass is 271 g/mol. The van der Waals surface area contributed by atoms with Crippen LogP contribution in [0.25, 0.3) is 0 Å². The number of carboxylic acids is 1. The molecule has 1 heterocycles. The number of thiazole rings is 1. The summed E-state index contributed by atoms with van der Waals surface area (Å²) in [5, 5.41) is 14.9. The molecule has 6 nitrogen and oxygen atoms in total. The topological polar surface area (TPSA) is 91.3 Å². The van der Waals surface area contributed by atoms with Crippen molar-refractivity contribution in [2.24, 2.45) is 5.92 Å². The molecular formula is C11H17N3O3S. The van der Waals surface area contributed by atoms with E-state index in [0.29, 0.717) is 13.1 Å². The van der Waals surface area contributed by atoms with Gasteiger partial charge in [0.2, 0.25) is 0 Å². The van der Waals surface area contributed by atoms with Crippen molar-refractivity contribution in [3.05, 3.63) is 16.1 Å². The van der Waals surface area contributed by atoms with Crippen LogP contribution in [0.3, 0.4) is 0 Å². The molecule has 1 unspecified atom stereocenters. The van der Waals surface area contributed by atoms with E-state index in [0.717, 1.165) is 9.88 Å². The Balaban J connectivity index is 2.19. The van der Waals surface area contributed by atoms with Crippen molar-refractivity contribution < 1.29 is 14.7 Å². The smallest absolute Gasteiger partial charge is 0.315 e. The molecule has 0 aliphatic carbocycles. The molecule has 100 valence electrons. The van der Waals surface area contributed by atoms with Crippen LogP contribution in [0.15, 0.2) is 6.20 Å². The van der Waals surface area contributed by atoms with E-state index in [1.54, 1.807) is 13.1 Å². The van der Waals surface area contributed by atoms with E-state index in [9.17, 15) is 9.59 Å². The molecule has 0 fully saturated rings. The third kappa shape index (κ3) is 5.62. The maximum atomic E-state index is 11.4. The number of carbonyl (C=O) groups excluding carboxylic acids is 1. The van der Waals surface area contributed by atoms with Gasteiger partial charge in [0.1, 0.15) is 0 Å². The lowest BCUT2D eigenvalue weighted by Gasteiger charge is -2.10. The van der Waals surface area contributed by atoms with Gasteiger partial charge in [0.05, 0.1) is 11.6 Å². The van der Waals surface area contributed by atoms with Gasteiger partial charge in [-0.05, 0) is 12.8 Å². The van der Waals surface area contributed by atoms with Crippen molar-refractivity contribution in [3.63, 3.8) is 0 Å². The highest BCUT2D eigenvalue weighted by Crippen LogP contribution is 2.10. The summed E-state index contributed by atoms with van der Waals surface area (Å²) in [4.78, 5) is 26.9. The number of hydrogen-bond acceptors (Lipinski definition) is 4. The van der Waals surface area contributed by atoms with Crippen LogP contribution in [0.2, 0.25) is 0 Å². The zero-order valence-corrected chi connectivity index (χ0v) is 11.2. The summed E-state index contributed by atoms with van der Waals surface area (Å²) in [5.41, 5.74) is 0. The Bertz CT molecular complexity index is 419. The highest BCUT2D eigenvalue weighted by molar-refractivity contribution is 7.11. The summed E-state index contributed by atoms with van der Waals surface area (Å²) >= 11 is 1.53. The number of carbonyl (C=O) groups is 2. The van der Waals surface area contributed by atoms with Gasteiger partial charge < -0.3 is 15.7 Å². The number of rotatable bonds is 6. The molecule has 0 bridgehead atoms. The Morgan fingerprint density at radius 2 is 2.22 bits per heavy atom. The van der Waals surface area contributed by atoms with E-state index in [1.807, 2.05) is 6.92 Å². The molecule has 0 saturated carbocycles. The fraction of sp³-hybridized carbons (Fsp3) is 0.545. The van der Waals surface area contributed by atoms with Gasteiger partial charge in [-0.1, -0.05) is 6.92 Å². The first-order chi connectivity index (χ1) is 8.47. The third-order valence-corrected chi connectivity index (χ3v) is 3.14. The van der Waals surface area contributed by atoms with Gasteiger partial charge in [-0.3, -0.25) is 4.79 Å². The first kappa shape index (κ1) is 14.4. The van der Waals surface area contributed by atoms with Crippen molar-refractivity contribution in [3.8, 4) is 0 Å². The van der Waals surface area contributed by atoms with Crippen LogP contribution in [0.1, 0.15) is 23.2 Å². The number of amides is 2. The number of carboxylic acid groups (broad SMARTS) is 1. The third-order valence-electron chi connectivity index (χ3n) is 2.23. The molecule has 7 heteroatoms. The Morgan fingerprint density at radius 3 is 2.78 bits per heavy atom. The average molecular weight is 271 g/mol. The maximum absolute atomic E-state index is 11.4. The summed E-state index contributed by atoms with van der Waals surface area (Å²) in [6, 6.07) is -0.293. The molecule has 2 amide bonds. The standard InChI is InChI=1S/C11H17N3O3S/c1-7(3-10(15)16)4-13-11(17)14-6-9-5-12-8(2)18-9/h5,7H,3-4,6H2,1-2H3,(H,15,16)(H2,13,14,17). The summed E-state index contributed by atoms with van der Waals surface area (Å²) < 4.78 is 0. The van der Waals surface area contributed by atoms with Crippen LogP contribution in [0, 0.1) is 12.8 Å². The fourth-order valence-electron chi connectivity index (χ4n) is 1.35. The summed E-state index contributed by atoms with van der Waals surface area (Å²) in [5.74, 6) is -0.941. The van der Waals surface area contributed by atoms with E-state index in [1.165, 1.54) is 11.3 Å². The van der Waals surface area contributed by atoms with E-state index >= 15 is 0 Å². The second-order valence-electron chi connectivity index (χ2n) is 4.11. The molecule has 1 atom stereocenters. The maximum Gasteiger partial charge on any atom is 0.315 e. The highest BCUT2D eigenvalue weighted by atomic mass is 32.1. The minimum Gasteiger partial charge on any atom is -0.481 e. The lowest BCUT2D eigenvalue weighted by Crippen LogP contribution is -2.37. The molecule has 1 aromatic rings. The van der Waals surface area contributed by atoms with Crippen LogP contribution >= 0.6 is 11.3 Å². The second kappa shape index (κ2) is 6.95. The van der Waals surface area contributed by atoms with Crippen molar-refractivity contribution in [2.75, 3.05) is 6.54 Å². The zero-order chi connectivity index (χ0) is 13.5. The number of aromatic nitrogens is 1. The summed E-state index contributed by atoms with van der Waals surface area (Å²) in [7, 11) is 0. The van der Waals surface area contributed by atoms with Crippen LogP contribution in [-0.4, -0.2) is 28.6 Å². The number of aliphatic carboxylic acids is 1. The van der Waals surface area contributed by atoms with Crippen LogP contribution < -0.4 is 10.6 Å². The van der Waals surface area contributed by atoms with Crippen LogP contribution in [0.5, 0.6) is 0 Å². The average Bonchev–Trinajstić information content (AvgIpc) is 2.69. The molecule has 0 aromatic carbocycles. The van der Waals surface area contributed by atoms with Gasteiger partial charge in [0.25, 0.3) is 0 Å². The number of nitrogens with zero attached hydrogens (tertiary/aromatic N) is 1. The number of urea groups is 1. The van der Waals surface area contributed by atoms with Gasteiger partial charge in [0, 0.05) is 24.0 Å². The van der Waals surface area contributed by atoms with Gasteiger partial charge in [-0.25, -0.2) is 9.78 Å². The van der Waals surface area contributed by atoms with Crippen molar-refractivity contribution >= 4 is 23.3 Å². The van der Waals surface area contributed by atoms with E-state index in [2.05, 4.69) is 15.6 Å². The summed E-state index contributed by atoms with van der Waals surface area (Å²) in [6.45, 7) is 4.47. The van der Waals surface area contributed by atoms with Gasteiger partial charge in [-0.15, -0.1) is 11.3 Å². The van der Waals surface area contributed by atoms with Gasteiger partial charge in [0.15, 0.2) is 0 Å². The molecule has 1 rings (SSSR count). The molecule has 0 aliphatic rings. The number of nitrogens with one attached hydrogen (secondary N) is 2. The molecule has 1 aromatic heterocycles.